The van der Waals surface area contributed by atoms with Crippen molar-refractivity contribution in [1.82, 2.24) is 4.57 Å². The molecule has 1 heterocycles. The van der Waals surface area contributed by atoms with E-state index in [0.717, 1.165) is 33.0 Å². The van der Waals surface area contributed by atoms with E-state index in [4.69, 9.17) is 11.6 Å². The zero-order valence-corrected chi connectivity index (χ0v) is 12.6. The third-order valence-electron chi connectivity index (χ3n) is 4.02. The fourth-order valence-corrected chi connectivity index (χ4v) is 3.28. The summed E-state index contributed by atoms with van der Waals surface area (Å²) in [5.41, 5.74) is 4.18. The van der Waals surface area contributed by atoms with Crippen LogP contribution in [0.4, 0.5) is 0 Å². The summed E-state index contributed by atoms with van der Waals surface area (Å²) >= 11 is 6.20. The van der Waals surface area contributed by atoms with E-state index in [-0.39, 0.29) is 7.48 Å². The Kier molecular flexibility index (Phi) is 3.18. The molecule has 0 spiro atoms. The number of hydrogen-bond acceptors (Lipinski definition) is 1. The molecule has 4 heteroatoms. The maximum absolute atomic E-state index is 9.70. The van der Waals surface area contributed by atoms with Gasteiger partial charge in [-0.15, -0.1) is 0 Å². The van der Waals surface area contributed by atoms with Crippen LogP contribution in [0, 0.1) is 0 Å². The lowest BCUT2D eigenvalue weighted by atomic mass is 9.85. The predicted octanol–water partition coefficient (Wildman–Crippen LogP) is 3.41. The average Bonchev–Trinajstić information content (AvgIpc) is 2.89. The topological polar surface area (TPSA) is 25.2 Å². The van der Waals surface area contributed by atoms with E-state index in [2.05, 4.69) is 22.8 Å². The largest absolute Gasteiger partial charge is 0.449 e. The van der Waals surface area contributed by atoms with Gasteiger partial charge in [0.05, 0.1) is 11.0 Å². The summed E-state index contributed by atoms with van der Waals surface area (Å²) in [6.07, 6.45) is 0. The van der Waals surface area contributed by atoms with Gasteiger partial charge in [0.15, 0.2) is 0 Å². The summed E-state index contributed by atoms with van der Waals surface area (Å²) in [6, 6.07) is 22.1. The van der Waals surface area contributed by atoms with Crippen molar-refractivity contribution < 1.29 is 5.02 Å². The lowest BCUT2D eigenvalue weighted by Gasteiger charge is -2.07. The van der Waals surface area contributed by atoms with Crippen molar-refractivity contribution in [2.45, 2.75) is 0 Å². The molecule has 0 atom stereocenters. The van der Waals surface area contributed by atoms with Crippen LogP contribution in [0.2, 0.25) is 5.02 Å². The first-order chi connectivity index (χ1) is 10.8. The molecule has 0 bridgehead atoms. The molecule has 1 aromatic heterocycles. The van der Waals surface area contributed by atoms with E-state index >= 15 is 0 Å². The van der Waals surface area contributed by atoms with Gasteiger partial charge in [0, 0.05) is 21.5 Å². The Morgan fingerprint density at radius 1 is 0.864 bits per heavy atom. The van der Waals surface area contributed by atoms with Gasteiger partial charge in [-0.05, 0) is 41.9 Å². The molecule has 0 aliphatic rings. The molecule has 2 nitrogen and oxygen atoms in total. The van der Waals surface area contributed by atoms with E-state index in [0.29, 0.717) is 5.02 Å². The second kappa shape index (κ2) is 5.20. The van der Waals surface area contributed by atoms with Gasteiger partial charge < -0.3 is 9.59 Å². The van der Waals surface area contributed by atoms with Gasteiger partial charge in [-0.25, -0.2) is 0 Å². The van der Waals surface area contributed by atoms with Gasteiger partial charge >= 0.3 is 7.48 Å². The van der Waals surface area contributed by atoms with Crippen LogP contribution >= 0.6 is 11.6 Å². The van der Waals surface area contributed by atoms with Crippen molar-refractivity contribution in [3.05, 3.63) is 71.8 Å². The van der Waals surface area contributed by atoms with Crippen molar-refractivity contribution in [3.8, 4) is 5.69 Å². The van der Waals surface area contributed by atoms with Crippen LogP contribution < -0.4 is 5.46 Å². The fourth-order valence-electron chi connectivity index (χ4n) is 3.10. The lowest BCUT2D eigenvalue weighted by Crippen LogP contribution is -2.13. The van der Waals surface area contributed by atoms with E-state index in [1.807, 2.05) is 48.5 Å². The fraction of sp³-hybridized carbons (Fsp3) is 0. The minimum atomic E-state index is 0.0117. The normalized spacial score (nSPS) is 11.2. The maximum atomic E-state index is 9.70. The quantitative estimate of drug-likeness (QED) is 0.564. The Labute approximate surface area is 133 Å². The molecular formula is C18H13BClNO. The van der Waals surface area contributed by atoms with Crippen LogP contribution in [0.5, 0.6) is 0 Å². The van der Waals surface area contributed by atoms with Crippen molar-refractivity contribution in [1.29, 1.82) is 0 Å². The number of benzene rings is 3. The summed E-state index contributed by atoms with van der Waals surface area (Å²) in [5, 5.41) is 12.5. The highest BCUT2D eigenvalue weighted by Gasteiger charge is 2.15. The molecule has 4 aromatic rings. The summed E-state index contributed by atoms with van der Waals surface area (Å²) < 4.78 is 2.21. The van der Waals surface area contributed by atoms with Crippen molar-refractivity contribution in [2.75, 3.05) is 0 Å². The molecule has 22 heavy (non-hydrogen) atoms. The maximum Gasteiger partial charge on any atom is 0.305 e. The number of para-hydroxylation sites is 1. The van der Waals surface area contributed by atoms with Gasteiger partial charge in [-0.2, -0.15) is 0 Å². The standard InChI is InChI=1S/C18H13BClNO/c20-12-9-10-16-14(11-12)18-15(19-22)7-4-8-17(18)21(16)13-5-2-1-3-6-13/h1-11,19,22H. The highest BCUT2D eigenvalue weighted by atomic mass is 35.5. The molecular weight excluding hydrogens is 292 g/mol. The Morgan fingerprint density at radius 2 is 1.68 bits per heavy atom. The number of aromatic nitrogens is 1. The Bertz CT molecular complexity index is 979. The smallest absolute Gasteiger partial charge is 0.305 e. The Hall–Kier alpha value is -2.23. The third kappa shape index (κ3) is 1.94. The van der Waals surface area contributed by atoms with Gasteiger partial charge in [-0.1, -0.05) is 41.9 Å². The van der Waals surface area contributed by atoms with Gasteiger partial charge in [0.1, 0.15) is 0 Å². The van der Waals surface area contributed by atoms with E-state index in [1.165, 1.54) is 0 Å². The molecule has 0 saturated carbocycles. The summed E-state index contributed by atoms with van der Waals surface area (Å²) in [5.74, 6) is 0. The first-order valence-corrected chi connectivity index (χ1v) is 7.55. The second-order valence-electron chi connectivity index (χ2n) is 5.30. The summed E-state index contributed by atoms with van der Waals surface area (Å²) in [7, 11) is 0.0117. The van der Waals surface area contributed by atoms with Crippen molar-refractivity contribution in [2.24, 2.45) is 0 Å². The van der Waals surface area contributed by atoms with Gasteiger partial charge in [0.2, 0.25) is 0 Å². The molecule has 3 aromatic carbocycles. The number of nitrogens with zero attached hydrogens (tertiary/aromatic N) is 1. The van der Waals surface area contributed by atoms with Gasteiger partial charge in [-0.3, -0.25) is 0 Å². The molecule has 0 unspecified atom stereocenters. The Morgan fingerprint density at radius 3 is 2.45 bits per heavy atom. The van der Waals surface area contributed by atoms with E-state index < -0.39 is 0 Å². The monoisotopic (exact) mass is 305 g/mol. The molecule has 0 saturated heterocycles. The van der Waals surface area contributed by atoms with Crippen LogP contribution in [0.3, 0.4) is 0 Å². The third-order valence-corrected chi connectivity index (χ3v) is 4.26. The highest BCUT2D eigenvalue weighted by Crippen LogP contribution is 2.32. The number of hydrogen-bond donors (Lipinski definition) is 1. The molecule has 1 N–H and O–H groups in total. The van der Waals surface area contributed by atoms with Crippen molar-refractivity contribution >= 4 is 46.4 Å². The first-order valence-electron chi connectivity index (χ1n) is 7.17. The zero-order valence-electron chi connectivity index (χ0n) is 11.8. The number of halogens is 1. The molecule has 4 rings (SSSR count). The highest BCUT2D eigenvalue weighted by molar-refractivity contribution is 6.52. The van der Waals surface area contributed by atoms with Crippen LogP contribution in [-0.2, 0) is 0 Å². The van der Waals surface area contributed by atoms with Gasteiger partial charge in [0.25, 0.3) is 0 Å². The van der Waals surface area contributed by atoms with E-state index in [9.17, 15) is 5.02 Å². The van der Waals surface area contributed by atoms with E-state index in [1.54, 1.807) is 0 Å². The lowest BCUT2D eigenvalue weighted by molar-refractivity contribution is 0.616. The first kappa shape index (κ1) is 13.4. The van der Waals surface area contributed by atoms with Crippen molar-refractivity contribution in [3.63, 3.8) is 0 Å². The minimum Gasteiger partial charge on any atom is -0.449 e. The Balaban J connectivity index is 2.24. The molecule has 0 fully saturated rings. The molecule has 0 aliphatic heterocycles. The molecule has 106 valence electrons. The number of rotatable bonds is 2. The average molecular weight is 306 g/mol. The molecule has 0 amide bonds. The number of fused-ring (bicyclic) bond motifs is 3. The van der Waals surface area contributed by atoms with Crippen LogP contribution in [0.1, 0.15) is 0 Å². The minimum absolute atomic E-state index is 0.0117. The van der Waals surface area contributed by atoms with Crippen LogP contribution in [-0.4, -0.2) is 17.1 Å². The summed E-state index contributed by atoms with van der Waals surface area (Å²) in [6.45, 7) is 0. The predicted molar refractivity (Wildman–Crippen MR) is 94.8 cm³/mol. The van der Waals surface area contributed by atoms with Crippen LogP contribution in [0.25, 0.3) is 27.5 Å². The zero-order chi connectivity index (χ0) is 15.1. The second-order valence-corrected chi connectivity index (χ2v) is 5.74. The van der Waals surface area contributed by atoms with Crippen LogP contribution in [0.15, 0.2) is 66.7 Å². The molecule has 0 aliphatic carbocycles. The summed E-state index contributed by atoms with van der Waals surface area (Å²) in [4.78, 5) is 0. The molecule has 0 radical (unpaired) electrons. The SMILES string of the molecule is OBc1cccc2c1c1cc(Cl)ccc1n2-c1ccccc1.